The molecule has 0 aliphatic carbocycles. The lowest BCUT2D eigenvalue weighted by Crippen LogP contribution is -2.01. The molecule has 0 aliphatic heterocycles. The van der Waals surface area contributed by atoms with Crippen molar-refractivity contribution in [3.05, 3.63) is 64.7 Å². The van der Waals surface area contributed by atoms with Gasteiger partial charge in [-0.15, -0.1) is 0 Å². The minimum atomic E-state index is 0.630. The van der Waals surface area contributed by atoms with Crippen molar-refractivity contribution in [2.24, 2.45) is 0 Å². The Labute approximate surface area is 112 Å². The van der Waals surface area contributed by atoms with Gasteiger partial charge in [-0.3, -0.25) is 0 Å². The third-order valence-corrected chi connectivity index (χ3v) is 2.91. The van der Waals surface area contributed by atoms with Gasteiger partial charge < -0.3 is 5.32 Å². The Bertz CT molecular complexity index is 675. The summed E-state index contributed by atoms with van der Waals surface area (Å²) in [4.78, 5) is 0. The Kier molecular flexibility index (Phi) is 3.81. The van der Waals surface area contributed by atoms with Crippen molar-refractivity contribution < 1.29 is 0 Å². The Balaban J connectivity index is 2.14. The van der Waals surface area contributed by atoms with Crippen LogP contribution in [0.2, 0.25) is 0 Å². The molecule has 0 spiro atoms. The van der Waals surface area contributed by atoms with E-state index in [2.05, 4.69) is 17.5 Å². The van der Waals surface area contributed by atoms with Gasteiger partial charge in [0.25, 0.3) is 0 Å². The summed E-state index contributed by atoms with van der Waals surface area (Å²) in [7, 11) is 0. The van der Waals surface area contributed by atoms with Gasteiger partial charge in [0.2, 0.25) is 0 Å². The first-order valence-corrected chi connectivity index (χ1v) is 5.96. The van der Waals surface area contributed by atoms with Crippen LogP contribution in [0, 0.1) is 29.6 Å². The summed E-state index contributed by atoms with van der Waals surface area (Å²) in [6.45, 7) is 2.63. The molecule has 0 heterocycles. The van der Waals surface area contributed by atoms with Gasteiger partial charge in [-0.25, -0.2) is 0 Å². The van der Waals surface area contributed by atoms with Crippen molar-refractivity contribution in [1.29, 1.82) is 10.5 Å². The molecule has 0 radical (unpaired) electrons. The van der Waals surface area contributed by atoms with Gasteiger partial charge >= 0.3 is 0 Å². The number of hydrogen-bond donors (Lipinski definition) is 1. The molecule has 0 amide bonds. The first kappa shape index (κ1) is 12.7. The van der Waals surface area contributed by atoms with Crippen LogP contribution in [0.1, 0.15) is 22.3 Å². The van der Waals surface area contributed by atoms with Crippen LogP contribution in [0.3, 0.4) is 0 Å². The zero-order valence-corrected chi connectivity index (χ0v) is 10.6. The fourth-order valence-electron chi connectivity index (χ4n) is 1.83. The van der Waals surface area contributed by atoms with E-state index < -0.39 is 0 Å². The molecule has 0 fully saturated rings. The van der Waals surface area contributed by atoms with Gasteiger partial charge in [-0.2, -0.15) is 10.5 Å². The number of nitrogens with zero attached hydrogens (tertiary/aromatic N) is 2. The van der Waals surface area contributed by atoms with E-state index in [1.165, 1.54) is 0 Å². The lowest BCUT2D eigenvalue weighted by molar-refractivity contribution is 1.14. The van der Waals surface area contributed by atoms with Crippen LogP contribution < -0.4 is 5.32 Å². The van der Waals surface area contributed by atoms with Crippen LogP contribution in [0.25, 0.3) is 0 Å². The quantitative estimate of drug-likeness (QED) is 0.904. The van der Waals surface area contributed by atoms with Crippen LogP contribution in [0.5, 0.6) is 0 Å². The maximum atomic E-state index is 8.89. The largest absolute Gasteiger partial charge is 0.381 e. The second-order valence-corrected chi connectivity index (χ2v) is 4.31. The normalized spacial score (nSPS) is 9.42. The molecule has 92 valence electrons. The van der Waals surface area contributed by atoms with E-state index in [-0.39, 0.29) is 0 Å². The minimum Gasteiger partial charge on any atom is -0.381 e. The highest BCUT2D eigenvalue weighted by Crippen LogP contribution is 2.17. The summed E-state index contributed by atoms with van der Waals surface area (Å²) in [6, 6.07) is 17.3. The van der Waals surface area contributed by atoms with Crippen molar-refractivity contribution in [3.63, 3.8) is 0 Å². The van der Waals surface area contributed by atoms with Crippen molar-refractivity contribution in [2.45, 2.75) is 13.5 Å². The molecule has 1 N–H and O–H groups in total. The number of hydrogen-bond acceptors (Lipinski definition) is 3. The summed E-state index contributed by atoms with van der Waals surface area (Å²) >= 11 is 0. The van der Waals surface area contributed by atoms with Crippen molar-refractivity contribution in [2.75, 3.05) is 5.32 Å². The Morgan fingerprint density at radius 3 is 2.47 bits per heavy atom. The molecule has 2 rings (SSSR count). The molecule has 0 saturated heterocycles. The topological polar surface area (TPSA) is 59.6 Å². The van der Waals surface area contributed by atoms with Gasteiger partial charge in [0.1, 0.15) is 0 Å². The Hall–Kier alpha value is -2.78. The molecule has 0 unspecified atom stereocenters. The number of nitrogens with one attached hydrogen (secondary N) is 1. The first-order chi connectivity index (χ1) is 9.22. The van der Waals surface area contributed by atoms with Gasteiger partial charge in [0.15, 0.2) is 0 Å². The van der Waals surface area contributed by atoms with E-state index in [9.17, 15) is 0 Å². The van der Waals surface area contributed by atoms with Gasteiger partial charge in [-0.05, 0) is 42.3 Å². The lowest BCUT2D eigenvalue weighted by atomic mass is 10.1. The lowest BCUT2D eigenvalue weighted by Gasteiger charge is -2.10. The van der Waals surface area contributed by atoms with Crippen LogP contribution in [0.4, 0.5) is 5.69 Å². The number of benzene rings is 2. The number of anilines is 1. The summed E-state index contributed by atoms with van der Waals surface area (Å²) in [5, 5.41) is 21.0. The van der Waals surface area contributed by atoms with Gasteiger partial charge in [-0.1, -0.05) is 18.2 Å². The molecule has 3 heteroatoms. The minimum absolute atomic E-state index is 0.630. The number of rotatable bonds is 3. The van der Waals surface area contributed by atoms with Crippen LogP contribution in [-0.4, -0.2) is 0 Å². The molecule has 3 nitrogen and oxygen atoms in total. The smallest absolute Gasteiger partial charge is 0.0992 e. The highest BCUT2D eigenvalue weighted by atomic mass is 14.9. The van der Waals surface area contributed by atoms with Gasteiger partial charge in [0, 0.05) is 12.2 Å². The average Bonchev–Trinajstić information content (AvgIpc) is 2.46. The fraction of sp³-hybridized carbons (Fsp3) is 0.125. The SMILES string of the molecule is Cc1ccc(C#N)cc1NCc1cccc(C#N)c1. The van der Waals surface area contributed by atoms with E-state index in [1.807, 2.05) is 37.3 Å². The zero-order chi connectivity index (χ0) is 13.7. The third-order valence-electron chi connectivity index (χ3n) is 2.91. The molecule has 0 atom stereocenters. The predicted octanol–water partition coefficient (Wildman–Crippen LogP) is 3.35. The van der Waals surface area contributed by atoms with Crippen LogP contribution >= 0.6 is 0 Å². The molecule has 19 heavy (non-hydrogen) atoms. The van der Waals surface area contributed by atoms with Crippen molar-refractivity contribution in [3.8, 4) is 12.1 Å². The van der Waals surface area contributed by atoms with E-state index in [1.54, 1.807) is 12.1 Å². The van der Waals surface area contributed by atoms with Gasteiger partial charge in [0.05, 0.1) is 23.3 Å². The Morgan fingerprint density at radius 1 is 1.00 bits per heavy atom. The zero-order valence-electron chi connectivity index (χ0n) is 10.6. The highest BCUT2D eigenvalue weighted by Gasteiger charge is 2.01. The Morgan fingerprint density at radius 2 is 1.74 bits per heavy atom. The maximum Gasteiger partial charge on any atom is 0.0992 e. The highest BCUT2D eigenvalue weighted by molar-refractivity contribution is 5.55. The fourth-order valence-corrected chi connectivity index (χ4v) is 1.83. The summed E-state index contributed by atoms with van der Waals surface area (Å²) < 4.78 is 0. The molecule has 2 aromatic rings. The molecule has 2 aromatic carbocycles. The standard InChI is InChI=1S/C16H13N3/c1-12-5-6-14(10-18)8-16(12)19-11-15-4-2-3-13(7-15)9-17/h2-8,19H,11H2,1H3. The molecule has 0 aliphatic rings. The van der Waals surface area contributed by atoms with Crippen LogP contribution in [-0.2, 0) is 6.54 Å². The molecule has 0 bridgehead atoms. The maximum absolute atomic E-state index is 8.89. The second kappa shape index (κ2) is 5.71. The molecular formula is C16H13N3. The second-order valence-electron chi connectivity index (χ2n) is 4.31. The van der Waals surface area contributed by atoms with Crippen molar-refractivity contribution in [1.82, 2.24) is 0 Å². The molecular weight excluding hydrogens is 234 g/mol. The predicted molar refractivity (Wildman–Crippen MR) is 74.4 cm³/mol. The van der Waals surface area contributed by atoms with E-state index in [4.69, 9.17) is 10.5 Å². The summed E-state index contributed by atoms with van der Waals surface area (Å²) in [5.74, 6) is 0. The number of aryl methyl sites for hydroxylation is 1. The molecule has 0 saturated carbocycles. The third kappa shape index (κ3) is 3.12. The molecule has 0 aromatic heterocycles. The monoisotopic (exact) mass is 247 g/mol. The first-order valence-electron chi connectivity index (χ1n) is 5.96. The number of nitriles is 2. The van der Waals surface area contributed by atoms with E-state index in [0.29, 0.717) is 17.7 Å². The van der Waals surface area contributed by atoms with E-state index >= 15 is 0 Å². The average molecular weight is 247 g/mol. The summed E-state index contributed by atoms with van der Waals surface area (Å²) in [5.41, 5.74) is 4.37. The van der Waals surface area contributed by atoms with Crippen molar-refractivity contribution >= 4 is 5.69 Å². The van der Waals surface area contributed by atoms with Crippen LogP contribution in [0.15, 0.2) is 42.5 Å². The summed E-state index contributed by atoms with van der Waals surface area (Å²) in [6.07, 6.45) is 0. The van der Waals surface area contributed by atoms with E-state index in [0.717, 1.165) is 16.8 Å².